The van der Waals surface area contributed by atoms with E-state index >= 15 is 0 Å². The highest BCUT2D eigenvalue weighted by Gasteiger charge is 2.01. The van der Waals surface area contributed by atoms with Gasteiger partial charge in [-0.2, -0.15) is 0 Å². The molecule has 0 aliphatic heterocycles. The third-order valence-corrected chi connectivity index (χ3v) is 3.28. The van der Waals surface area contributed by atoms with Crippen molar-refractivity contribution in [3.8, 4) is 0 Å². The Kier molecular flexibility index (Phi) is 4.34. The zero-order valence-corrected chi connectivity index (χ0v) is 11.3. The zero-order valence-electron chi connectivity index (χ0n) is 9.79. The van der Waals surface area contributed by atoms with Crippen LogP contribution in [0.1, 0.15) is 5.56 Å². The van der Waals surface area contributed by atoms with Gasteiger partial charge in [0.15, 0.2) is 0 Å². The molecule has 0 radical (unpaired) electrons. The molecule has 0 saturated heterocycles. The minimum absolute atomic E-state index is 0.575. The van der Waals surface area contributed by atoms with E-state index in [-0.39, 0.29) is 0 Å². The van der Waals surface area contributed by atoms with Crippen LogP contribution in [0.3, 0.4) is 0 Å². The van der Waals surface area contributed by atoms with Gasteiger partial charge in [-0.3, -0.25) is 0 Å². The van der Waals surface area contributed by atoms with Crippen molar-refractivity contribution in [2.24, 2.45) is 0 Å². The normalized spacial score (nSPS) is 10.3. The summed E-state index contributed by atoms with van der Waals surface area (Å²) in [6, 6.07) is 13.4. The van der Waals surface area contributed by atoms with Gasteiger partial charge < -0.3 is 11.1 Å². The van der Waals surface area contributed by atoms with Crippen molar-refractivity contribution in [2.45, 2.75) is 6.42 Å². The van der Waals surface area contributed by atoms with Crippen molar-refractivity contribution >= 4 is 34.6 Å². The SMILES string of the molecule is Nc1c(Cl)cccc1NCCc1ccc(Cl)cc1. The fourth-order valence-electron chi connectivity index (χ4n) is 1.68. The van der Waals surface area contributed by atoms with E-state index in [0.29, 0.717) is 10.7 Å². The van der Waals surface area contributed by atoms with Crippen LogP contribution in [-0.2, 0) is 6.42 Å². The summed E-state index contributed by atoms with van der Waals surface area (Å²) in [6.45, 7) is 0.798. The molecule has 0 bridgehead atoms. The van der Waals surface area contributed by atoms with Crippen molar-refractivity contribution in [1.82, 2.24) is 0 Å². The van der Waals surface area contributed by atoms with E-state index < -0.39 is 0 Å². The molecule has 4 heteroatoms. The summed E-state index contributed by atoms with van der Waals surface area (Å²) in [6.07, 6.45) is 0.906. The summed E-state index contributed by atoms with van der Waals surface area (Å²) in [7, 11) is 0. The van der Waals surface area contributed by atoms with E-state index in [9.17, 15) is 0 Å². The molecule has 0 aromatic heterocycles. The predicted molar refractivity (Wildman–Crippen MR) is 79.5 cm³/mol. The second-order valence-electron chi connectivity index (χ2n) is 4.00. The van der Waals surface area contributed by atoms with E-state index in [1.807, 2.05) is 36.4 Å². The number of benzene rings is 2. The van der Waals surface area contributed by atoms with Crippen LogP contribution in [0, 0.1) is 0 Å². The second kappa shape index (κ2) is 5.98. The Morgan fingerprint density at radius 3 is 2.44 bits per heavy atom. The molecule has 3 N–H and O–H groups in total. The number of para-hydroxylation sites is 1. The maximum atomic E-state index is 5.95. The molecular weight excluding hydrogens is 267 g/mol. The molecule has 0 spiro atoms. The van der Waals surface area contributed by atoms with E-state index in [2.05, 4.69) is 5.32 Å². The first kappa shape index (κ1) is 13.1. The van der Waals surface area contributed by atoms with Gasteiger partial charge in [0.2, 0.25) is 0 Å². The number of nitrogens with two attached hydrogens (primary N) is 1. The van der Waals surface area contributed by atoms with Crippen LogP contribution in [0.4, 0.5) is 11.4 Å². The van der Waals surface area contributed by atoms with Gasteiger partial charge in [-0.25, -0.2) is 0 Å². The highest BCUT2D eigenvalue weighted by Crippen LogP contribution is 2.26. The van der Waals surface area contributed by atoms with Gasteiger partial charge in [0.25, 0.3) is 0 Å². The summed E-state index contributed by atoms with van der Waals surface area (Å²) < 4.78 is 0. The van der Waals surface area contributed by atoms with Crippen molar-refractivity contribution in [3.05, 3.63) is 58.1 Å². The van der Waals surface area contributed by atoms with Crippen LogP contribution in [0.2, 0.25) is 10.0 Å². The first-order valence-corrected chi connectivity index (χ1v) is 6.45. The van der Waals surface area contributed by atoms with Gasteiger partial charge in [-0.05, 0) is 36.2 Å². The maximum Gasteiger partial charge on any atom is 0.0739 e. The van der Waals surface area contributed by atoms with Crippen molar-refractivity contribution in [2.75, 3.05) is 17.6 Å². The summed E-state index contributed by atoms with van der Waals surface area (Å²) >= 11 is 11.8. The molecule has 18 heavy (non-hydrogen) atoms. The lowest BCUT2D eigenvalue weighted by Crippen LogP contribution is -2.06. The average molecular weight is 281 g/mol. The molecule has 0 unspecified atom stereocenters. The van der Waals surface area contributed by atoms with Crippen LogP contribution in [0.25, 0.3) is 0 Å². The standard InChI is InChI=1S/C14H14Cl2N2/c15-11-6-4-10(5-7-11)8-9-18-13-3-1-2-12(16)14(13)17/h1-7,18H,8-9,17H2. The molecule has 0 aliphatic carbocycles. The highest BCUT2D eigenvalue weighted by atomic mass is 35.5. The summed E-state index contributed by atoms with van der Waals surface area (Å²) in [5.74, 6) is 0. The highest BCUT2D eigenvalue weighted by molar-refractivity contribution is 6.33. The fraction of sp³-hybridized carbons (Fsp3) is 0.143. The largest absolute Gasteiger partial charge is 0.396 e. The maximum absolute atomic E-state index is 5.95. The smallest absolute Gasteiger partial charge is 0.0739 e. The van der Waals surface area contributed by atoms with Gasteiger partial charge in [0.05, 0.1) is 16.4 Å². The molecule has 0 atom stereocenters. The number of nitrogen functional groups attached to an aromatic ring is 1. The molecular formula is C14H14Cl2N2. The molecule has 0 amide bonds. The lowest BCUT2D eigenvalue weighted by molar-refractivity contribution is 1.02. The second-order valence-corrected chi connectivity index (χ2v) is 4.85. The Balaban J connectivity index is 1.92. The summed E-state index contributed by atoms with van der Waals surface area (Å²) in [4.78, 5) is 0. The average Bonchev–Trinajstić information content (AvgIpc) is 2.37. The van der Waals surface area contributed by atoms with E-state index in [1.54, 1.807) is 6.07 Å². The molecule has 0 heterocycles. The Labute approximate surface area is 117 Å². The number of hydrogen-bond acceptors (Lipinski definition) is 2. The zero-order chi connectivity index (χ0) is 13.0. The monoisotopic (exact) mass is 280 g/mol. The summed E-state index contributed by atoms with van der Waals surface area (Å²) in [5.41, 5.74) is 8.56. The molecule has 2 aromatic carbocycles. The number of nitrogens with one attached hydrogen (secondary N) is 1. The summed E-state index contributed by atoms with van der Waals surface area (Å²) in [5, 5.41) is 4.61. The molecule has 2 aromatic rings. The Morgan fingerprint density at radius 2 is 1.72 bits per heavy atom. The van der Waals surface area contributed by atoms with Crippen molar-refractivity contribution < 1.29 is 0 Å². The van der Waals surface area contributed by atoms with E-state index in [0.717, 1.165) is 23.7 Å². The number of halogens is 2. The Hall–Kier alpha value is -1.38. The van der Waals surface area contributed by atoms with Gasteiger partial charge in [-0.1, -0.05) is 41.4 Å². The molecule has 2 rings (SSSR count). The van der Waals surface area contributed by atoms with E-state index in [1.165, 1.54) is 5.56 Å². The van der Waals surface area contributed by atoms with Crippen LogP contribution >= 0.6 is 23.2 Å². The van der Waals surface area contributed by atoms with Gasteiger partial charge >= 0.3 is 0 Å². The quantitative estimate of drug-likeness (QED) is 0.823. The number of anilines is 2. The van der Waals surface area contributed by atoms with Gasteiger partial charge in [0.1, 0.15) is 0 Å². The number of rotatable bonds is 4. The third-order valence-electron chi connectivity index (χ3n) is 2.70. The molecule has 0 saturated carbocycles. The Morgan fingerprint density at radius 1 is 1.00 bits per heavy atom. The third kappa shape index (κ3) is 3.31. The molecule has 0 aliphatic rings. The van der Waals surface area contributed by atoms with Gasteiger partial charge in [0, 0.05) is 11.6 Å². The predicted octanol–water partition coefficient (Wildman–Crippen LogP) is 4.23. The lowest BCUT2D eigenvalue weighted by Gasteiger charge is -2.10. The van der Waals surface area contributed by atoms with E-state index in [4.69, 9.17) is 28.9 Å². The minimum atomic E-state index is 0.575. The van der Waals surface area contributed by atoms with Crippen LogP contribution in [-0.4, -0.2) is 6.54 Å². The minimum Gasteiger partial charge on any atom is -0.396 e. The van der Waals surface area contributed by atoms with Gasteiger partial charge in [-0.15, -0.1) is 0 Å². The van der Waals surface area contributed by atoms with Crippen LogP contribution in [0.15, 0.2) is 42.5 Å². The lowest BCUT2D eigenvalue weighted by atomic mass is 10.1. The molecule has 0 fully saturated rings. The molecule has 94 valence electrons. The number of hydrogen-bond donors (Lipinski definition) is 2. The first-order chi connectivity index (χ1) is 8.66. The topological polar surface area (TPSA) is 38.0 Å². The van der Waals surface area contributed by atoms with Crippen molar-refractivity contribution in [3.63, 3.8) is 0 Å². The van der Waals surface area contributed by atoms with Crippen LogP contribution in [0.5, 0.6) is 0 Å². The first-order valence-electron chi connectivity index (χ1n) is 5.69. The van der Waals surface area contributed by atoms with Crippen LogP contribution < -0.4 is 11.1 Å². The fourth-order valence-corrected chi connectivity index (χ4v) is 1.98. The van der Waals surface area contributed by atoms with Crippen molar-refractivity contribution in [1.29, 1.82) is 0 Å². The molecule has 2 nitrogen and oxygen atoms in total. The Bertz CT molecular complexity index is 524.